The van der Waals surface area contributed by atoms with Crippen molar-refractivity contribution < 1.29 is 4.52 Å². The Labute approximate surface area is 213 Å². The van der Waals surface area contributed by atoms with E-state index in [1.54, 1.807) is 16.1 Å². The van der Waals surface area contributed by atoms with E-state index in [-0.39, 0.29) is 5.04 Å². The van der Waals surface area contributed by atoms with Crippen molar-refractivity contribution in [2.75, 3.05) is 0 Å². The fourth-order valence-electron chi connectivity index (χ4n) is 8.72. The Balaban J connectivity index is 2.28. The molecule has 0 amide bonds. The van der Waals surface area contributed by atoms with Gasteiger partial charge in [0.15, 0.2) is 0 Å². The standard InChI is InChI=1S/C32H45N2Si/c1-18(2)24-14-13-15-25-27-22(9)16-17-26-28(27)31-29(23(10)33(21(7)8)34(31)30(24)25)32(19(3)4,20(5)6)35(26,11)12/h13-21H,1-12H3/q+1. The van der Waals surface area contributed by atoms with Gasteiger partial charge in [-0.15, -0.1) is 4.68 Å². The van der Waals surface area contributed by atoms with Gasteiger partial charge in [-0.05, 0) is 62.3 Å². The quantitative estimate of drug-likeness (QED) is 0.158. The minimum Gasteiger partial charge on any atom is -0.149 e. The van der Waals surface area contributed by atoms with Crippen LogP contribution in [-0.2, 0) is 5.04 Å². The molecular weight excluding hydrogens is 440 g/mol. The van der Waals surface area contributed by atoms with Crippen molar-refractivity contribution in [3.8, 4) is 0 Å². The minimum atomic E-state index is -1.95. The molecule has 35 heavy (non-hydrogen) atoms. The minimum absolute atomic E-state index is 0.165. The summed E-state index contributed by atoms with van der Waals surface area (Å²) in [6.45, 7) is 29.5. The zero-order chi connectivity index (χ0) is 25.8. The van der Waals surface area contributed by atoms with E-state index >= 15 is 0 Å². The van der Waals surface area contributed by atoms with Gasteiger partial charge in [0.1, 0.15) is 0 Å². The van der Waals surface area contributed by atoms with Crippen LogP contribution in [0.2, 0.25) is 13.1 Å². The molecule has 3 heterocycles. The largest absolute Gasteiger partial charge is 0.249 e. The Morgan fingerprint density at radius 3 is 1.97 bits per heavy atom. The first-order chi connectivity index (χ1) is 16.3. The summed E-state index contributed by atoms with van der Waals surface area (Å²) in [5, 5.41) is 6.27. The average Bonchev–Trinajstić information content (AvgIpc) is 3.06. The van der Waals surface area contributed by atoms with Crippen molar-refractivity contribution in [1.29, 1.82) is 0 Å². The third-order valence-electron chi connectivity index (χ3n) is 9.62. The smallest absolute Gasteiger partial charge is 0.149 e. The van der Waals surface area contributed by atoms with Gasteiger partial charge in [0.05, 0.1) is 36.1 Å². The molecular formula is C32H45N2Si+. The zero-order valence-corrected chi connectivity index (χ0v) is 25.1. The third-order valence-corrected chi connectivity index (χ3v) is 14.9. The van der Waals surface area contributed by atoms with E-state index in [2.05, 4.69) is 122 Å². The summed E-state index contributed by atoms with van der Waals surface area (Å²) in [5.41, 5.74) is 8.89. The van der Waals surface area contributed by atoms with E-state index in [1.165, 1.54) is 38.6 Å². The second-order valence-corrected chi connectivity index (χ2v) is 17.6. The highest BCUT2D eigenvalue weighted by atomic mass is 28.3. The van der Waals surface area contributed by atoms with E-state index in [0.29, 0.717) is 23.8 Å². The molecule has 0 radical (unpaired) electrons. The molecule has 1 aliphatic rings. The molecule has 2 aromatic carbocycles. The second kappa shape index (κ2) is 7.68. The van der Waals surface area contributed by atoms with E-state index in [1.807, 2.05) is 0 Å². The summed E-state index contributed by atoms with van der Waals surface area (Å²) >= 11 is 0. The maximum absolute atomic E-state index is 2.68. The van der Waals surface area contributed by atoms with Crippen LogP contribution < -0.4 is 9.70 Å². The molecule has 0 spiro atoms. The highest BCUT2D eigenvalue weighted by molar-refractivity contribution is 6.94. The highest BCUT2D eigenvalue weighted by Crippen LogP contribution is 2.53. The Morgan fingerprint density at radius 1 is 0.800 bits per heavy atom. The van der Waals surface area contributed by atoms with Crippen LogP contribution in [0.1, 0.15) is 89.7 Å². The molecule has 0 unspecified atom stereocenters. The molecule has 0 saturated carbocycles. The van der Waals surface area contributed by atoms with Crippen LogP contribution in [0.5, 0.6) is 0 Å². The first-order valence-electron chi connectivity index (χ1n) is 13.8. The Morgan fingerprint density at radius 2 is 1.43 bits per heavy atom. The van der Waals surface area contributed by atoms with Crippen molar-refractivity contribution >= 4 is 40.5 Å². The van der Waals surface area contributed by atoms with E-state index in [0.717, 1.165) is 0 Å². The SMILES string of the molecule is Cc1ccc2c3c1c1cccc(C(C)C)c1[n+]1c3c(c(C)n1C(C)C)C(C(C)C)(C(C)C)[Si]2(C)C. The van der Waals surface area contributed by atoms with E-state index < -0.39 is 8.07 Å². The average molecular weight is 486 g/mol. The van der Waals surface area contributed by atoms with Gasteiger partial charge in [-0.3, -0.25) is 0 Å². The number of benzene rings is 2. The van der Waals surface area contributed by atoms with Crippen LogP contribution >= 0.6 is 0 Å². The van der Waals surface area contributed by atoms with Crippen molar-refractivity contribution in [2.24, 2.45) is 11.8 Å². The Kier molecular flexibility index (Phi) is 5.39. The number of nitrogens with zero attached hydrogens (tertiary/aromatic N) is 2. The van der Waals surface area contributed by atoms with Gasteiger partial charge in [0, 0.05) is 16.0 Å². The summed E-state index contributed by atoms with van der Waals surface area (Å²) in [7, 11) is -1.95. The van der Waals surface area contributed by atoms with Crippen LogP contribution in [0.3, 0.4) is 0 Å². The van der Waals surface area contributed by atoms with Crippen molar-refractivity contribution in [2.45, 2.75) is 99.3 Å². The van der Waals surface area contributed by atoms with Crippen LogP contribution in [0, 0.1) is 25.7 Å². The van der Waals surface area contributed by atoms with Crippen LogP contribution in [0.25, 0.3) is 27.2 Å². The molecule has 0 N–H and O–H groups in total. The molecule has 0 saturated heterocycles. The van der Waals surface area contributed by atoms with Gasteiger partial charge < -0.3 is 0 Å². The number of para-hydroxylation sites is 1. The van der Waals surface area contributed by atoms with Crippen molar-refractivity contribution in [1.82, 2.24) is 4.68 Å². The summed E-state index contributed by atoms with van der Waals surface area (Å²) in [4.78, 5) is 0. The van der Waals surface area contributed by atoms with Crippen molar-refractivity contribution in [3.63, 3.8) is 0 Å². The zero-order valence-electron chi connectivity index (χ0n) is 24.1. The number of aryl methyl sites for hydroxylation is 1. The maximum atomic E-state index is 2.68. The number of hydrogen-bond acceptors (Lipinski definition) is 0. The number of pyridine rings is 1. The molecule has 0 fully saturated rings. The number of aromatic nitrogens is 2. The first kappa shape index (κ1) is 24.6. The molecule has 5 rings (SSSR count). The summed E-state index contributed by atoms with van der Waals surface area (Å²) < 4.78 is 5.31. The lowest BCUT2D eigenvalue weighted by Crippen LogP contribution is -2.67. The van der Waals surface area contributed by atoms with Gasteiger partial charge in [0.2, 0.25) is 11.0 Å². The fourth-order valence-corrected chi connectivity index (χ4v) is 14.3. The Bertz CT molecular complexity index is 1490. The van der Waals surface area contributed by atoms with Crippen LogP contribution in [0.15, 0.2) is 30.3 Å². The van der Waals surface area contributed by atoms with Crippen LogP contribution in [0.4, 0.5) is 0 Å². The lowest BCUT2D eigenvalue weighted by atomic mass is 9.76. The molecule has 186 valence electrons. The molecule has 1 aliphatic heterocycles. The molecule has 0 bridgehead atoms. The predicted octanol–water partition coefficient (Wildman–Crippen LogP) is 7.87. The Hall–Kier alpha value is -2.13. The summed E-state index contributed by atoms with van der Waals surface area (Å²) in [6, 6.07) is 12.4. The fraction of sp³-hybridized carbons (Fsp3) is 0.531. The highest BCUT2D eigenvalue weighted by Gasteiger charge is 2.60. The van der Waals surface area contributed by atoms with E-state index in [4.69, 9.17) is 0 Å². The lowest BCUT2D eigenvalue weighted by Gasteiger charge is -2.53. The van der Waals surface area contributed by atoms with E-state index in [9.17, 15) is 0 Å². The molecule has 4 aromatic rings. The van der Waals surface area contributed by atoms with Gasteiger partial charge in [0.25, 0.3) is 0 Å². The number of fused-ring (bicyclic) bond motifs is 3. The normalized spacial score (nSPS) is 16.9. The topological polar surface area (TPSA) is 9.03 Å². The maximum Gasteiger partial charge on any atom is 0.249 e. The molecule has 0 aliphatic carbocycles. The van der Waals surface area contributed by atoms with Gasteiger partial charge in [-0.2, -0.15) is 0 Å². The number of hydrogen-bond donors (Lipinski definition) is 0. The molecule has 0 atom stereocenters. The second-order valence-electron chi connectivity index (χ2n) is 12.9. The first-order valence-corrected chi connectivity index (χ1v) is 16.8. The molecule has 3 heteroatoms. The predicted molar refractivity (Wildman–Crippen MR) is 155 cm³/mol. The third kappa shape index (κ3) is 2.74. The molecule has 2 nitrogen and oxygen atoms in total. The van der Waals surface area contributed by atoms with Gasteiger partial charge >= 0.3 is 0 Å². The monoisotopic (exact) mass is 485 g/mol. The van der Waals surface area contributed by atoms with Gasteiger partial charge in [-0.25, -0.2) is 0 Å². The van der Waals surface area contributed by atoms with Gasteiger partial charge in [-0.1, -0.05) is 83.4 Å². The number of rotatable bonds is 4. The summed E-state index contributed by atoms with van der Waals surface area (Å²) in [5.74, 6) is 1.59. The lowest BCUT2D eigenvalue weighted by molar-refractivity contribution is -0.586. The summed E-state index contributed by atoms with van der Waals surface area (Å²) in [6.07, 6.45) is 0. The molecule has 2 aromatic heterocycles. The van der Waals surface area contributed by atoms with Crippen LogP contribution in [-0.4, -0.2) is 12.8 Å². The van der Waals surface area contributed by atoms with Crippen molar-refractivity contribution in [3.05, 3.63) is 52.7 Å².